The molecule has 0 saturated heterocycles. The molecule has 2 nitrogen and oxygen atoms in total. The molecule has 0 aromatic heterocycles. The molecule has 13 heavy (non-hydrogen) atoms. The fraction of sp³-hybridized carbons (Fsp3) is 0.455. The molecule has 2 rings (SSSR count). The Morgan fingerprint density at radius 2 is 2.38 bits per heavy atom. The Bertz CT molecular complexity index is 279. The van der Waals surface area contributed by atoms with Crippen molar-refractivity contribution in [2.24, 2.45) is 5.92 Å². The van der Waals surface area contributed by atoms with Crippen molar-refractivity contribution in [3.63, 3.8) is 0 Å². The third kappa shape index (κ3) is 2.46. The molecule has 1 fully saturated rings. The summed E-state index contributed by atoms with van der Waals surface area (Å²) in [6.07, 6.45) is 2.58. The van der Waals surface area contributed by atoms with E-state index in [4.69, 9.17) is 9.84 Å². The average Bonchev–Trinajstić information content (AvgIpc) is 2.99. The Kier molecular flexibility index (Phi) is 2.50. The number of aliphatic hydroxyl groups is 1. The van der Waals surface area contributed by atoms with E-state index in [1.165, 1.54) is 12.8 Å². The zero-order valence-corrected chi connectivity index (χ0v) is 7.49. The van der Waals surface area contributed by atoms with Gasteiger partial charge in [0, 0.05) is 6.07 Å². The summed E-state index contributed by atoms with van der Waals surface area (Å²) >= 11 is 0. The van der Waals surface area contributed by atoms with Gasteiger partial charge in [0.15, 0.2) is 0 Å². The minimum Gasteiger partial charge on any atom is -0.493 e. The number of hydrogen-bond acceptors (Lipinski definition) is 2. The van der Waals surface area contributed by atoms with E-state index in [1.54, 1.807) is 6.07 Å². The van der Waals surface area contributed by atoms with Gasteiger partial charge in [0.2, 0.25) is 0 Å². The van der Waals surface area contributed by atoms with Crippen molar-refractivity contribution in [1.82, 2.24) is 0 Å². The monoisotopic (exact) mass is 177 g/mol. The molecule has 0 bridgehead atoms. The highest BCUT2D eigenvalue weighted by Gasteiger charge is 2.21. The lowest BCUT2D eigenvalue weighted by Crippen LogP contribution is -1.99. The summed E-state index contributed by atoms with van der Waals surface area (Å²) in [6.45, 7) is 0.861. The zero-order valence-electron chi connectivity index (χ0n) is 7.49. The standard InChI is InChI=1S/C11H13O2/c12-7-10-2-1-3-11(6-10)13-8-9-4-5-9/h1-2,6,9,12H,4-5,7-8H2. The smallest absolute Gasteiger partial charge is 0.127 e. The predicted molar refractivity (Wildman–Crippen MR) is 49.4 cm³/mol. The maximum Gasteiger partial charge on any atom is 0.127 e. The van der Waals surface area contributed by atoms with E-state index in [2.05, 4.69) is 6.07 Å². The third-order valence-electron chi connectivity index (χ3n) is 2.19. The highest BCUT2D eigenvalue weighted by atomic mass is 16.5. The molecule has 2 heteroatoms. The van der Waals surface area contributed by atoms with Crippen molar-refractivity contribution in [3.8, 4) is 5.75 Å². The van der Waals surface area contributed by atoms with Crippen LogP contribution in [-0.4, -0.2) is 11.7 Å². The fourth-order valence-electron chi connectivity index (χ4n) is 1.16. The molecule has 0 amide bonds. The lowest BCUT2D eigenvalue weighted by Gasteiger charge is -2.05. The molecule has 0 aliphatic heterocycles. The second-order valence-electron chi connectivity index (χ2n) is 3.47. The first-order valence-corrected chi connectivity index (χ1v) is 4.63. The van der Waals surface area contributed by atoms with Crippen molar-refractivity contribution >= 4 is 0 Å². The largest absolute Gasteiger partial charge is 0.493 e. The molecule has 1 radical (unpaired) electrons. The van der Waals surface area contributed by atoms with Gasteiger partial charge in [-0.25, -0.2) is 0 Å². The van der Waals surface area contributed by atoms with Gasteiger partial charge in [-0.2, -0.15) is 0 Å². The number of ether oxygens (including phenoxy) is 1. The average molecular weight is 177 g/mol. The molecule has 0 spiro atoms. The van der Waals surface area contributed by atoms with Gasteiger partial charge in [0.25, 0.3) is 0 Å². The fourth-order valence-corrected chi connectivity index (χ4v) is 1.16. The van der Waals surface area contributed by atoms with Gasteiger partial charge in [-0.05, 0) is 30.4 Å². The molecular weight excluding hydrogens is 164 g/mol. The van der Waals surface area contributed by atoms with Crippen LogP contribution < -0.4 is 4.74 Å². The molecule has 1 aromatic carbocycles. The van der Waals surface area contributed by atoms with Crippen LogP contribution in [0, 0.1) is 12.0 Å². The topological polar surface area (TPSA) is 29.5 Å². The van der Waals surface area contributed by atoms with Gasteiger partial charge in [-0.15, -0.1) is 0 Å². The first kappa shape index (κ1) is 8.57. The molecule has 1 aliphatic rings. The van der Waals surface area contributed by atoms with Gasteiger partial charge in [0.1, 0.15) is 5.75 Å². The Morgan fingerprint density at radius 1 is 1.54 bits per heavy atom. The normalized spacial score (nSPS) is 15.8. The van der Waals surface area contributed by atoms with Crippen LogP contribution in [0.1, 0.15) is 18.4 Å². The number of hydrogen-bond donors (Lipinski definition) is 1. The summed E-state index contributed by atoms with van der Waals surface area (Å²) in [4.78, 5) is 0. The van der Waals surface area contributed by atoms with E-state index in [-0.39, 0.29) is 6.61 Å². The number of benzene rings is 1. The van der Waals surface area contributed by atoms with E-state index < -0.39 is 0 Å². The first-order valence-electron chi connectivity index (χ1n) is 4.63. The quantitative estimate of drug-likeness (QED) is 0.759. The molecule has 0 heterocycles. The van der Waals surface area contributed by atoms with Crippen LogP contribution in [-0.2, 0) is 6.61 Å². The second-order valence-corrected chi connectivity index (χ2v) is 3.47. The number of rotatable bonds is 4. The first-order chi connectivity index (χ1) is 6.38. The van der Waals surface area contributed by atoms with Crippen LogP contribution >= 0.6 is 0 Å². The van der Waals surface area contributed by atoms with Crippen molar-refractivity contribution in [2.45, 2.75) is 19.4 Å². The summed E-state index contributed by atoms with van der Waals surface area (Å²) in [5.41, 5.74) is 0.879. The maximum absolute atomic E-state index is 8.88. The summed E-state index contributed by atoms with van der Waals surface area (Å²) in [7, 11) is 0. The molecule has 69 valence electrons. The van der Waals surface area contributed by atoms with Crippen LogP contribution in [0.15, 0.2) is 18.2 Å². The highest BCUT2D eigenvalue weighted by molar-refractivity contribution is 5.26. The molecule has 1 saturated carbocycles. The van der Waals surface area contributed by atoms with Crippen LogP contribution in [0.25, 0.3) is 0 Å². The van der Waals surface area contributed by atoms with E-state index in [0.717, 1.165) is 23.8 Å². The SMILES string of the molecule is OCc1cc[c]c(OCC2CC2)c1. The van der Waals surface area contributed by atoms with E-state index in [9.17, 15) is 0 Å². The van der Waals surface area contributed by atoms with Gasteiger partial charge >= 0.3 is 0 Å². The number of aliphatic hydroxyl groups excluding tert-OH is 1. The maximum atomic E-state index is 8.88. The van der Waals surface area contributed by atoms with Gasteiger partial charge < -0.3 is 9.84 Å². The van der Waals surface area contributed by atoms with Gasteiger partial charge in [-0.3, -0.25) is 0 Å². The van der Waals surface area contributed by atoms with Crippen molar-refractivity contribution in [1.29, 1.82) is 0 Å². The molecule has 1 N–H and O–H groups in total. The van der Waals surface area contributed by atoms with Gasteiger partial charge in [-0.1, -0.05) is 12.1 Å². The van der Waals surface area contributed by atoms with Crippen molar-refractivity contribution in [2.75, 3.05) is 6.61 Å². The minimum absolute atomic E-state index is 0.0640. The van der Waals surface area contributed by atoms with Gasteiger partial charge in [0.05, 0.1) is 13.2 Å². The minimum atomic E-state index is 0.0640. The van der Waals surface area contributed by atoms with E-state index in [1.807, 2.05) is 12.1 Å². The molecule has 0 unspecified atom stereocenters. The summed E-state index contributed by atoms with van der Waals surface area (Å²) in [5.74, 6) is 1.50. The lowest BCUT2D eigenvalue weighted by atomic mass is 10.2. The molecule has 1 aliphatic carbocycles. The predicted octanol–water partition coefficient (Wildman–Crippen LogP) is 1.77. The van der Waals surface area contributed by atoms with Crippen LogP contribution in [0.2, 0.25) is 0 Å². The third-order valence-corrected chi connectivity index (χ3v) is 2.19. The Labute approximate surface area is 78.2 Å². The zero-order chi connectivity index (χ0) is 9.10. The van der Waals surface area contributed by atoms with Crippen molar-refractivity contribution < 1.29 is 9.84 Å². The van der Waals surface area contributed by atoms with E-state index >= 15 is 0 Å². The molecule has 1 aromatic rings. The lowest BCUT2D eigenvalue weighted by molar-refractivity contribution is 0.277. The molecular formula is C11H13O2. The Balaban J connectivity index is 1.93. The van der Waals surface area contributed by atoms with E-state index in [0.29, 0.717) is 0 Å². The molecule has 0 atom stereocenters. The second kappa shape index (κ2) is 3.79. The Morgan fingerprint density at radius 3 is 3.08 bits per heavy atom. The Hall–Kier alpha value is -1.02. The van der Waals surface area contributed by atoms with Crippen LogP contribution in [0.5, 0.6) is 5.75 Å². The van der Waals surface area contributed by atoms with Crippen LogP contribution in [0.4, 0.5) is 0 Å². The van der Waals surface area contributed by atoms with Crippen molar-refractivity contribution in [3.05, 3.63) is 29.8 Å². The summed E-state index contributed by atoms with van der Waals surface area (Å²) in [5, 5.41) is 8.88. The highest BCUT2D eigenvalue weighted by Crippen LogP contribution is 2.29. The summed E-state index contributed by atoms with van der Waals surface area (Å²) in [6, 6.07) is 8.45. The summed E-state index contributed by atoms with van der Waals surface area (Å²) < 4.78 is 5.51. The van der Waals surface area contributed by atoms with Crippen LogP contribution in [0.3, 0.4) is 0 Å².